The van der Waals surface area contributed by atoms with Crippen LogP contribution in [0.15, 0.2) is 47.4 Å². The van der Waals surface area contributed by atoms with Gasteiger partial charge < -0.3 is 9.84 Å². The molecular formula is C20H15Cl2NO4S2. The van der Waals surface area contributed by atoms with Gasteiger partial charge in [-0.2, -0.15) is 0 Å². The highest BCUT2D eigenvalue weighted by atomic mass is 35.5. The zero-order valence-electron chi connectivity index (χ0n) is 14.9. The maximum Gasteiger partial charge on any atom is 0.305 e. The fourth-order valence-electron chi connectivity index (χ4n) is 2.57. The van der Waals surface area contributed by atoms with Gasteiger partial charge in [-0.25, -0.2) is 0 Å². The topological polar surface area (TPSA) is 66.8 Å². The van der Waals surface area contributed by atoms with E-state index in [9.17, 15) is 9.59 Å². The van der Waals surface area contributed by atoms with Gasteiger partial charge in [0.2, 0.25) is 0 Å². The van der Waals surface area contributed by atoms with Crippen LogP contribution in [0.5, 0.6) is 5.75 Å². The Morgan fingerprint density at radius 2 is 2.00 bits per heavy atom. The van der Waals surface area contributed by atoms with Crippen molar-refractivity contribution in [2.24, 2.45) is 0 Å². The van der Waals surface area contributed by atoms with Crippen molar-refractivity contribution >= 4 is 69.5 Å². The van der Waals surface area contributed by atoms with Gasteiger partial charge in [0.25, 0.3) is 5.91 Å². The van der Waals surface area contributed by atoms with Crippen LogP contribution in [0.25, 0.3) is 6.08 Å². The summed E-state index contributed by atoms with van der Waals surface area (Å²) in [4.78, 5) is 25.1. The number of halogens is 2. The van der Waals surface area contributed by atoms with E-state index in [-0.39, 0.29) is 25.5 Å². The van der Waals surface area contributed by atoms with E-state index < -0.39 is 5.97 Å². The molecule has 2 aromatic rings. The molecule has 0 spiro atoms. The number of thiocarbonyl (C=S) groups is 1. The van der Waals surface area contributed by atoms with Crippen LogP contribution >= 0.6 is 47.2 Å². The average molecular weight is 468 g/mol. The van der Waals surface area contributed by atoms with Gasteiger partial charge >= 0.3 is 5.97 Å². The lowest BCUT2D eigenvalue weighted by Gasteiger charge is -2.12. The quantitative estimate of drug-likeness (QED) is 0.443. The van der Waals surface area contributed by atoms with Gasteiger partial charge in [0.15, 0.2) is 0 Å². The summed E-state index contributed by atoms with van der Waals surface area (Å²) in [6.07, 6.45) is 1.53. The first kappa shape index (κ1) is 21.6. The van der Waals surface area contributed by atoms with E-state index in [1.165, 1.54) is 4.90 Å². The highest BCUT2D eigenvalue weighted by molar-refractivity contribution is 8.26. The zero-order valence-corrected chi connectivity index (χ0v) is 18.1. The zero-order chi connectivity index (χ0) is 21.0. The lowest BCUT2D eigenvalue weighted by Crippen LogP contribution is -2.30. The van der Waals surface area contributed by atoms with Gasteiger partial charge in [-0.15, -0.1) is 0 Å². The van der Waals surface area contributed by atoms with Crippen molar-refractivity contribution in [1.29, 1.82) is 0 Å². The maximum atomic E-state index is 12.6. The molecule has 1 N–H and O–H groups in total. The fourth-order valence-corrected chi connectivity index (χ4v) is 4.33. The Bertz CT molecular complexity index is 1010. The van der Waals surface area contributed by atoms with Crippen LogP contribution in [0.2, 0.25) is 10.0 Å². The molecule has 0 radical (unpaired) electrons. The Morgan fingerprint density at radius 3 is 2.72 bits per heavy atom. The molecule has 1 saturated heterocycles. The third-order valence-electron chi connectivity index (χ3n) is 4.03. The van der Waals surface area contributed by atoms with E-state index in [0.29, 0.717) is 30.6 Å². The minimum absolute atomic E-state index is 0.0462. The van der Waals surface area contributed by atoms with Gasteiger partial charge in [-0.05, 0) is 24.3 Å². The van der Waals surface area contributed by atoms with E-state index in [1.54, 1.807) is 30.3 Å². The summed E-state index contributed by atoms with van der Waals surface area (Å²) in [5, 5.41) is 9.89. The first-order chi connectivity index (χ1) is 13.8. The lowest BCUT2D eigenvalue weighted by molar-refractivity contribution is -0.137. The van der Waals surface area contributed by atoms with Gasteiger partial charge in [0.1, 0.15) is 16.7 Å². The van der Waals surface area contributed by atoms with E-state index in [4.69, 9.17) is 45.3 Å². The average Bonchev–Trinajstić information content (AvgIpc) is 2.93. The minimum Gasteiger partial charge on any atom is -0.488 e. The molecule has 0 aliphatic carbocycles. The summed E-state index contributed by atoms with van der Waals surface area (Å²) < 4.78 is 6.25. The Morgan fingerprint density at radius 1 is 1.24 bits per heavy atom. The number of nitrogens with zero attached hydrogens (tertiary/aromatic N) is 1. The Balaban J connectivity index is 1.77. The van der Waals surface area contributed by atoms with Crippen LogP contribution in [0.1, 0.15) is 17.5 Å². The summed E-state index contributed by atoms with van der Waals surface area (Å²) >= 11 is 18.5. The number of hydrogen-bond donors (Lipinski definition) is 1. The lowest BCUT2D eigenvalue weighted by atomic mass is 10.1. The first-order valence-electron chi connectivity index (χ1n) is 8.48. The van der Waals surface area contributed by atoms with Crippen molar-refractivity contribution in [3.05, 3.63) is 68.5 Å². The Kier molecular flexibility index (Phi) is 7.18. The molecule has 1 aliphatic heterocycles. The van der Waals surface area contributed by atoms with Crippen LogP contribution in [0, 0.1) is 0 Å². The third-order valence-corrected chi connectivity index (χ3v) is 5.99. The maximum absolute atomic E-state index is 12.6. The van der Waals surface area contributed by atoms with Crippen LogP contribution in [-0.4, -0.2) is 32.7 Å². The summed E-state index contributed by atoms with van der Waals surface area (Å²) in [5.74, 6) is -0.714. The van der Waals surface area contributed by atoms with Crippen molar-refractivity contribution < 1.29 is 19.4 Å². The predicted octanol–water partition coefficient (Wildman–Crippen LogP) is 5.25. The molecule has 150 valence electrons. The van der Waals surface area contributed by atoms with Crippen LogP contribution in [-0.2, 0) is 16.2 Å². The first-order valence-corrected chi connectivity index (χ1v) is 10.5. The van der Waals surface area contributed by atoms with Crippen LogP contribution in [0.4, 0.5) is 0 Å². The molecule has 1 aliphatic rings. The number of carboxylic acids is 1. The SMILES string of the molecule is O=C(O)CCN1C(=O)/C(=C\c2ccccc2OCc2ccc(Cl)cc2Cl)SC1=S. The van der Waals surface area contributed by atoms with Crippen molar-refractivity contribution in [3.63, 3.8) is 0 Å². The van der Waals surface area contributed by atoms with Crippen molar-refractivity contribution in [3.8, 4) is 5.75 Å². The summed E-state index contributed by atoms with van der Waals surface area (Å²) in [5.41, 5.74) is 1.49. The van der Waals surface area contributed by atoms with Crippen LogP contribution in [0.3, 0.4) is 0 Å². The molecule has 29 heavy (non-hydrogen) atoms. The van der Waals surface area contributed by atoms with E-state index in [0.717, 1.165) is 17.3 Å². The highest BCUT2D eigenvalue weighted by Crippen LogP contribution is 2.34. The second-order valence-corrected chi connectivity index (χ2v) is 8.56. The molecule has 5 nitrogen and oxygen atoms in total. The molecule has 9 heteroatoms. The summed E-state index contributed by atoms with van der Waals surface area (Å²) in [7, 11) is 0. The fraction of sp³-hybridized carbons (Fsp3) is 0.150. The number of benzene rings is 2. The number of amides is 1. The Labute approximate surface area is 187 Å². The van der Waals surface area contributed by atoms with Gasteiger partial charge in [-0.3, -0.25) is 14.5 Å². The molecule has 0 bridgehead atoms. The molecule has 1 amide bonds. The number of para-hydroxylation sites is 1. The number of carboxylic acid groups (broad SMARTS) is 1. The molecule has 1 heterocycles. The van der Waals surface area contributed by atoms with E-state index in [2.05, 4.69) is 0 Å². The van der Waals surface area contributed by atoms with Crippen molar-refractivity contribution in [2.45, 2.75) is 13.0 Å². The number of rotatable bonds is 7. The minimum atomic E-state index is -0.984. The van der Waals surface area contributed by atoms with E-state index >= 15 is 0 Å². The second-order valence-electron chi connectivity index (χ2n) is 6.04. The predicted molar refractivity (Wildman–Crippen MR) is 119 cm³/mol. The highest BCUT2D eigenvalue weighted by Gasteiger charge is 2.32. The Hall–Kier alpha value is -2.06. The molecule has 0 unspecified atom stereocenters. The molecule has 2 aromatic carbocycles. The van der Waals surface area contributed by atoms with Gasteiger partial charge in [-0.1, -0.05) is 71.4 Å². The van der Waals surface area contributed by atoms with Gasteiger partial charge in [0.05, 0.1) is 11.3 Å². The van der Waals surface area contributed by atoms with E-state index in [1.807, 2.05) is 18.2 Å². The van der Waals surface area contributed by atoms with Gasteiger partial charge in [0, 0.05) is 27.7 Å². The van der Waals surface area contributed by atoms with Crippen molar-refractivity contribution in [2.75, 3.05) is 6.54 Å². The largest absolute Gasteiger partial charge is 0.488 e. The number of ether oxygens (including phenoxy) is 1. The molecular weight excluding hydrogens is 453 g/mol. The standard InChI is InChI=1S/C20H15Cl2NO4S2/c21-14-6-5-13(15(22)10-14)11-27-16-4-2-1-3-12(16)9-17-19(26)23(20(28)29-17)8-7-18(24)25/h1-6,9-10H,7-8,11H2,(H,24,25)/b17-9+. The number of thioether (sulfide) groups is 1. The molecule has 0 saturated carbocycles. The number of carbonyl (C=O) groups is 2. The number of hydrogen-bond acceptors (Lipinski definition) is 5. The summed E-state index contributed by atoms with van der Waals surface area (Å²) in [6, 6.07) is 12.5. The smallest absolute Gasteiger partial charge is 0.305 e. The number of aliphatic carboxylic acids is 1. The normalized spacial score (nSPS) is 15.2. The second kappa shape index (κ2) is 9.63. The molecule has 3 rings (SSSR count). The van der Waals surface area contributed by atoms with Crippen LogP contribution < -0.4 is 4.74 Å². The molecule has 1 fully saturated rings. The molecule has 0 aromatic heterocycles. The van der Waals surface area contributed by atoms with Crippen molar-refractivity contribution in [1.82, 2.24) is 4.90 Å². The third kappa shape index (κ3) is 5.51. The molecule has 0 atom stereocenters. The summed E-state index contributed by atoms with van der Waals surface area (Å²) in [6.45, 7) is 0.283. The number of carbonyl (C=O) groups excluding carboxylic acids is 1. The monoisotopic (exact) mass is 467 g/mol.